The van der Waals surface area contributed by atoms with Crippen molar-refractivity contribution in [3.63, 3.8) is 0 Å². The van der Waals surface area contributed by atoms with Crippen molar-refractivity contribution in [3.8, 4) is 17.0 Å². The van der Waals surface area contributed by atoms with E-state index in [0.717, 1.165) is 49.9 Å². The molecule has 0 amide bonds. The van der Waals surface area contributed by atoms with Crippen LogP contribution in [0.1, 0.15) is 68.1 Å². The molecule has 1 spiro atoms. The summed E-state index contributed by atoms with van der Waals surface area (Å²) in [5.74, 6) is 2.34. The Morgan fingerprint density at radius 2 is 1.89 bits per heavy atom. The van der Waals surface area contributed by atoms with Gasteiger partial charge in [-0.3, -0.25) is 4.68 Å². The Labute approximate surface area is 225 Å². The molecule has 6 heteroatoms. The van der Waals surface area contributed by atoms with E-state index in [1.165, 1.54) is 29.5 Å². The van der Waals surface area contributed by atoms with Crippen molar-refractivity contribution in [1.29, 1.82) is 0 Å². The SMILES string of the molecule is Cc1ccc(-c2cn(CCCC3CC4(OCCO4)C4(C)CCC5c6ccc(O)cc6CCC5C34)nn2)cc1. The fraction of sp³-hybridized carbons (Fsp3) is 0.562. The summed E-state index contributed by atoms with van der Waals surface area (Å²) < 4.78 is 15.0. The van der Waals surface area contributed by atoms with E-state index in [-0.39, 0.29) is 5.41 Å². The molecule has 1 saturated heterocycles. The van der Waals surface area contributed by atoms with Gasteiger partial charge in [0, 0.05) is 23.9 Å². The minimum Gasteiger partial charge on any atom is -0.508 e. The van der Waals surface area contributed by atoms with E-state index in [2.05, 4.69) is 60.7 Å². The standard InChI is InChI=1S/C32H39N3O3/c1-21-5-7-22(8-6-21)29-20-35(34-33-29)15-3-4-24-19-32(37-16-17-38-32)31(2)14-13-27-26-12-10-25(36)18-23(26)9-11-28(27)30(24)31/h5-8,10,12,18,20,24,27-28,30,36H,3-4,9,11,13-17,19H2,1-2H3. The van der Waals surface area contributed by atoms with E-state index in [0.29, 0.717) is 42.6 Å². The number of phenols is 1. The topological polar surface area (TPSA) is 69.4 Å². The quantitative estimate of drug-likeness (QED) is 0.436. The summed E-state index contributed by atoms with van der Waals surface area (Å²) in [6.07, 6.45) is 9.88. The van der Waals surface area contributed by atoms with Gasteiger partial charge in [-0.05, 0) is 92.4 Å². The van der Waals surface area contributed by atoms with Gasteiger partial charge in [-0.15, -0.1) is 5.10 Å². The molecule has 5 unspecified atom stereocenters. The fourth-order valence-corrected chi connectivity index (χ4v) is 8.80. The van der Waals surface area contributed by atoms with E-state index in [1.807, 2.05) is 16.8 Å². The van der Waals surface area contributed by atoms with E-state index >= 15 is 0 Å². The van der Waals surface area contributed by atoms with Crippen molar-refractivity contribution in [3.05, 3.63) is 65.4 Å². The number of aromatic nitrogens is 3. The van der Waals surface area contributed by atoms with Gasteiger partial charge in [-0.1, -0.05) is 48.0 Å². The number of ether oxygens (including phenoxy) is 2. The Hall–Kier alpha value is -2.70. The van der Waals surface area contributed by atoms with Crippen molar-refractivity contribution in [2.75, 3.05) is 13.2 Å². The van der Waals surface area contributed by atoms with Gasteiger partial charge >= 0.3 is 0 Å². The number of aromatic hydroxyl groups is 1. The highest BCUT2D eigenvalue weighted by atomic mass is 16.7. The molecular formula is C32H39N3O3. The number of aryl methyl sites for hydroxylation is 3. The first-order valence-corrected chi connectivity index (χ1v) is 14.5. The maximum atomic E-state index is 10.1. The molecule has 200 valence electrons. The number of rotatable bonds is 5. The molecule has 1 N–H and O–H groups in total. The minimum absolute atomic E-state index is 0.0512. The highest BCUT2D eigenvalue weighted by Crippen LogP contribution is 2.68. The van der Waals surface area contributed by atoms with Crippen molar-refractivity contribution in [2.45, 2.75) is 77.0 Å². The average molecular weight is 514 g/mol. The lowest BCUT2D eigenvalue weighted by Crippen LogP contribution is -2.51. The summed E-state index contributed by atoms with van der Waals surface area (Å²) in [7, 11) is 0. The van der Waals surface area contributed by atoms with Gasteiger partial charge < -0.3 is 14.6 Å². The number of hydrogen-bond donors (Lipinski definition) is 1. The zero-order valence-electron chi connectivity index (χ0n) is 22.6. The predicted octanol–water partition coefficient (Wildman–Crippen LogP) is 6.26. The van der Waals surface area contributed by atoms with Gasteiger partial charge in [-0.25, -0.2) is 0 Å². The van der Waals surface area contributed by atoms with E-state index in [1.54, 1.807) is 0 Å². The molecule has 3 aliphatic carbocycles. The van der Waals surface area contributed by atoms with Crippen LogP contribution in [0.5, 0.6) is 5.75 Å². The minimum atomic E-state index is -0.422. The first-order chi connectivity index (χ1) is 18.5. The van der Waals surface area contributed by atoms with Gasteiger partial charge in [0.15, 0.2) is 5.79 Å². The van der Waals surface area contributed by atoms with Gasteiger partial charge in [0.2, 0.25) is 0 Å². The van der Waals surface area contributed by atoms with Crippen LogP contribution in [-0.4, -0.2) is 39.1 Å². The fourth-order valence-electron chi connectivity index (χ4n) is 8.80. The van der Waals surface area contributed by atoms with Gasteiger partial charge in [-0.2, -0.15) is 0 Å². The summed E-state index contributed by atoms with van der Waals surface area (Å²) >= 11 is 0. The normalized spacial score (nSPS) is 31.2. The van der Waals surface area contributed by atoms with Crippen molar-refractivity contribution >= 4 is 0 Å². The van der Waals surface area contributed by atoms with Crippen LogP contribution in [0.2, 0.25) is 0 Å². The molecule has 1 aromatic heterocycles. The number of nitrogens with zero attached hydrogens (tertiary/aromatic N) is 3. The van der Waals surface area contributed by atoms with Crippen LogP contribution in [0.3, 0.4) is 0 Å². The summed E-state index contributed by atoms with van der Waals surface area (Å²) in [6, 6.07) is 14.6. The van der Waals surface area contributed by atoms with Crippen LogP contribution in [0, 0.1) is 30.1 Å². The van der Waals surface area contributed by atoms with Crippen LogP contribution in [0.15, 0.2) is 48.7 Å². The molecule has 4 aliphatic rings. The monoisotopic (exact) mass is 513 g/mol. The largest absolute Gasteiger partial charge is 0.508 e. The predicted molar refractivity (Wildman–Crippen MR) is 146 cm³/mol. The first-order valence-electron chi connectivity index (χ1n) is 14.5. The van der Waals surface area contributed by atoms with Gasteiger partial charge in [0.25, 0.3) is 0 Å². The molecule has 5 atom stereocenters. The summed E-state index contributed by atoms with van der Waals surface area (Å²) in [4.78, 5) is 0. The zero-order chi connectivity index (χ0) is 25.9. The molecule has 3 aromatic rings. The third-order valence-corrected chi connectivity index (χ3v) is 10.5. The van der Waals surface area contributed by atoms with Crippen LogP contribution >= 0.6 is 0 Å². The van der Waals surface area contributed by atoms with Gasteiger partial charge in [0.1, 0.15) is 11.4 Å². The molecule has 2 heterocycles. The Balaban J connectivity index is 1.11. The smallest absolute Gasteiger partial charge is 0.174 e. The van der Waals surface area contributed by atoms with E-state index in [4.69, 9.17) is 9.47 Å². The summed E-state index contributed by atoms with van der Waals surface area (Å²) in [6.45, 7) is 6.88. The number of fused-ring (bicyclic) bond motifs is 6. The lowest BCUT2D eigenvalue weighted by atomic mass is 9.53. The number of hydrogen-bond acceptors (Lipinski definition) is 5. The average Bonchev–Trinajstić information content (AvgIpc) is 3.64. The maximum Gasteiger partial charge on any atom is 0.174 e. The number of phenolic OH excluding ortho intramolecular Hbond substituents is 1. The molecular weight excluding hydrogens is 474 g/mol. The molecule has 7 rings (SSSR count). The Morgan fingerprint density at radius 3 is 2.71 bits per heavy atom. The molecule has 2 saturated carbocycles. The molecule has 38 heavy (non-hydrogen) atoms. The second kappa shape index (κ2) is 9.20. The van der Waals surface area contributed by atoms with Crippen molar-refractivity contribution < 1.29 is 14.6 Å². The van der Waals surface area contributed by atoms with Crippen molar-refractivity contribution in [2.24, 2.45) is 23.2 Å². The third kappa shape index (κ3) is 3.83. The summed E-state index contributed by atoms with van der Waals surface area (Å²) in [5.41, 5.74) is 6.18. The second-order valence-corrected chi connectivity index (χ2v) is 12.5. The molecule has 1 aliphatic heterocycles. The Bertz CT molecular complexity index is 1310. The first kappa shape index (κ1) is 24.3. The lowest BCUT2D eigenvalue weighted by Gasteiger charge is -2.53. The Morgan fingerprint density at radius 1 is 1.08 bits per heavy atom. The van der Waals surface area contributed by atoms with Crippen LogP contribution < -0.4 is 0 Å². The van der Waals surface area contributed by atoms with Gasteiger partial charge in [0.05, 0.1) is 19.4 Å². The van der Waals surface area contributed by atoms with Crippen molar-refractivity contribution in [1.82, 2.24) is 15.0 Å². The van der Waals surface area contributed by atoms with Crippen LogP contribution in [0.4, 0.5) is 0 Å². The van der Waals surface area contributed by atoms with E-state index < -0.39 is 5.79 Å². The number of benzene rings is 2. The highest BCUT2D eigenvalue weighted by molar-refractivity contribution is 5.57. The third-order valence-electron chi connectivity index (χ3n) is 10.5. The van der Waals surface area contributed by atoms with Crippen LogP contribution in [0.25, 0.3) is 11.3 Å². The molecule has 3 fully saturated rings. The Kier molecular flexibility index (Phi) is 5.89. The zero-order valence-corrected chi connectivity index (χ0v) is 22.6. The second-order valence-electron chi connectivity index (χ2n) is 12.5. The maximum absolute atomic E-state index is 10.1. The molecule has 6 nitrogen and oxygen atoms in total. The molecule has 0 radical (unpaired) electrons. The lowest BCUT2D eigenvalue weighted by molar-refractivity contribution is -0.237. The summed E-state index contributed by atoms with van der Waals surface area (Å²) in [5, 5.41) is 19.0. The molecule has 2 aromatic carbocycles. The van der Waals surface area contributed by atoms with Crippen LogP contribution in [-0.2, 0) is 22.4 Å². The van der Waals surface area contributed by atoms with E-state index in [9.17, 15) is 5.11 Å². The molecule has 0 bridgehead atoms. The highest BCUT2D eigenvalue weighted by Gasteiger charge is 2.68.